The highest BCUT2D eigenvalue weighted by Gasteiger charge is 2.19. The molecule has 4 nitrogen and oxygen atoms in total. The minimum absolute atomic E-state index is 0.0952. The molecular formula is C24H24N2O2. The first-order chi connectivity index (χ1) is 13.7. The van der Waals surface area contributed by atoms with Gasteiger partial charge in [0.15, 0.2) is 0 Å². The fraction of sp³-hybridized carbons (Fsp3) is 0.250. The number of carbonyl (C=O) groups excluding carboxylic acids is 1. The highest BCUT2D eigenvalue weighted by Crippen LogP contribution is 2.29. The number of hydrogen-bond donors (Lipinski definition) is 1. The van der Waals surface area contributed by atoms with Crippen LogP contribution >= 0.6 is 0 Å². The van der Waals surface area contributed by atoms with Crippen molar-refractivity contribution >= 4 is 22.4 Å². The number of fused-ring (bicyclic) bond motifs is 2. The Bertz CT molecular complexity index is 1060. The van der Waals surface area contributed by atoms with Crippen LogP contribution in [0.1, 0.15) is 35.1 Å². The molecule has 1 aliphatic carbocycles. The van der Waals surface area contributed by atoms with Gasteiger partial charge in [-0.05, 0) is 65.8 Å². The van der Waals surface area contributed by atoms with Crippen molar-refractivity contribution in [2.24, 2.45) is 5.10 Å². The second-order valence-corrected chi connectivity index (χ2v) is 7.24. The summed E-state index contributed by atoms with van der Waals surface area (Å²) in [6.07, 6.45) is 3.22. The number of hydrazone groups is 1. The van der Waals surface area contributed by atoms with E-state index in [9.17, 15) is 4.79 Å². The van der Waals surface area contributed by atoms with E-state index < -0.39 is 0 Å². The van der Waals surface area contributed by atoms with Gasteiger partial charge < -0.3 is 4.74 Å². The van der Waals surface area contributed by atoms with E-state index in [-0.39, 0.29) is 5.91 Å². The molecule has 0 fully saturated rings. The fourth-order valence-corrected chi connectivity index (χ4v) is 4.02. The largest absolute Gasteiger partial charge is 0.497 e. The molecule has 3 aromatic rings. The van der Waals surface area contributed by atoms with E-state index in [1.165, 1.54) is 5.56 Å². The summed E-state index contributed by atoms with van der Waals surface area (Å²) in [7, 11) is 1.69. The van der Waals surface area contributed by atoms with E-state index in [2.05, 4.69) is 41.7 Å². The van der Waals surface area contributed by atoms with Crippen LogP contribution in [0.3, 0.4) is 0 Å². The average Bonchev–Trinajstić information content (AvgIpc) is 2.72. The van der Waals surface area contributed by atoms with Gasteiger partial charge in [0.1, 0.15) is 5.75 Å². The topological polar surface area (TPSA) is 50.7 Å². The van der Waals surface area contributed by atoms with Crippen LogP contribution in [0.5, 0.6) is 5.75 Å². The number of ether oxygens (including phenoxy) is 1. The zero-order valence-corrected chi connectivity index (χ0v) is 16.3. The highest BCUT2D eigenvalue weighted by molar-refractivity contribution is 6.04. The summed E-state index contributed by atoms with van der Waals surface area (Å²) < 4.78 is 5.39. The third-order valence-electron chi connectivity index (χ3n) is 5.32. The van der Waals surface area contributed by atoms with Gasteiger partial charge in [-0.2, -0.15) is 5.10 Å². The summed E-state index contributed by atoms with van der Waals surface area (Å²) in [5.41, 5.74) is 8.27. The number of amides is 1. The van der Waals surface area contributed by atoms with Crippen molar-refractivity contribution in [3.63, 3.8) is 0 Å². The molecule has 0 aliphatic heterocycles. The minimum atomic E-state index is -0.0952. The van der Waals surface area contributed by atoms with Crippen LogP contribution in [0.15, 0.2) is 59.7 Å². The van der Waals surface area contributed by atoms with Crippen LogP contribution < -0.4 is 10.2 Å². The van der Waals surface area contributed by atoms with Crippen LogP contribution in [0.4, 0.5) is 0 Å². The van der Waals surface area contributed by atoms with Gasteiger partial charge in [0.05, 0.1) is 19.2 Å². The molecule has 0 atom stereocenters. The van der Waals surface area contributed by atoms with Gasteiger partial charge in [0.25, 0.3) is 0 Å². The Balaban J connectivity index is 1.54. The van der Waals surface area contributed by atoms with Crippen molar-refractivity contribution in [1.82, 2.24) is 5.43 Å². The Morgan fingerprint density at radius 2 is 1.93 bits per heavy atom. The highest BCUT2D eigenvalue weighted by atomic mass is 16.5. The molecule has 4 rings (SSSR count). The number of benzene rings is 3. The lowest BCUT2D eigenvalue weighted by atomic mass is 9.87. The maximum Gasteiger partial charge on any atom is 0.244 e. The van der Waals surface area contributed by atoms with E-state index in [0.29, 0.717) is 6.42 Å². The summed E-state index contributed by atoms with van der Waals surface area (Å²) in [6.45, 7) is 2.07. The molecule has 1 N–H and O–H groups in total. The second-order valence-electron chi connectivity index (χ2n) is 7.24. The summed E-state index contributed by atoms with van der Waals surface area (Å²) in [4.78, 5) is 12.6. The fourth-order valence-electron chi connectivity index (χ4n) is 4.02. The first-order valence-electron chi connectivity index (χ1n) is 9.65. The Hall–Kier alpha value is -3.14. The standard InChI is InChI=1S/C24H24N2O2/c1-16-13-20(28-2)14-19-10-6-12-22(24(16)19)25-26-23(27)15-18-9-5-8-17-7-3-4-11-21(17)18/h3-5,7-9,11,13-14H,6,10,12,15H2,1-2H3,(H,26,27)/b25-22+. The predicted octanol–water partition coefficient (Wildman–Crippen LogP) is 4.56. The van der Waals surface area contributed by atoms with Gasteiger partial charge >= 0.3 is 0 Å². The first-order valence-corrected chi connectivity index (χ1v) is 9.65. The maximum absolute atomic E-state index is 12.6. The second kappa shape index (κ2) is 7.85. The van der Waals surface area contributed by atoms with Gasteiger partial charge in [0.2, 0.25) is 5.91 Å². The monoisotopic (exact) mass is 372 g/mol. The van der Waals surface area contributed by atoms with E-state index in [1.54, 1.807) is 7.11 Å². The number of aryl methyl sites for hydroxylation is 2. The van der Waals surface area contributed by atoms with Crippen LogP contribution in [0, 0.1) is 6.92 Å². The Morgan fingerprint density at radius 3 is 2.79 bits per heavy atom. The van der Waals surface area contributed by atoms with Crippen molar-refractivity contribution in [1.29, 1.82) is 0 Å². The molecule has 0 heterocycles. The van der Waals surface area contributed by atoms with E-state index >= 15 is 0 Å². The van der Waals surface area contributed by atoms with Crippen LogP contribution in [-0.4, -0.2) is 18.7 Å². The zero-order chi connectivity index (χ0) is 19.5. The molecule has 0 bridgehead atoms. The normalized spacial score (nSPS) is 14.7. The lowest BCUT2D eigenvalue weighted by molar-refractivity contribution is -0.120. The molecule has 0 aromatic heterocycles. The third-order valence-corrected chi connectivity index (χ3v) is 5.32. The lowest BCUT2D eigenvalue weighted by Crippen LogP contribution is -2.24. The Labute approximate surface area is 165 Å². The molecule has 28 heavy (non-hydrogen) atoms. The van der Waals surface area contributed by atoms with Gasteiger partial charge in [-0.1, -0.05) is 42.5 Å². The number of nitrogens with one attached hydrogen (secondary N) is 1. The van der Waals surface area contributed by atoms with Crippen molar-refractivity contribution in [2.75, 3.05) is 7.11 Å². The number of carbonyl (C=O) groups is 1. The summed E-state index contributed by atoms with van der Waals surface area (Å²) in [6, 6.07) is 18.3. The first kappa shape index (κ1) is 18.2. The van der Waals surface area contributed by atoms with E-state index in [0.717, 1.165) is 58.2 Å². The van der Waals surface area contributed by atoms with E-state index in [1.807, 2.05) is 30.3 Å². The quantitative estimate of drug-likeness (QED) is 0.683. The van der Waals surface area contributed by atoms with Crippen LogP contribution in [-0.2, 0) is 17.6 Å². The summed E-state index contributed by atoms with van der Waals surface area (Å²) in [5, 5.41) is 6.75. The summed E-state index contributed by atoms with van der Waals surface area (Å²) in [5.74, 6) is 0.777. The van der Waals surface area contributed by atoms with Gasteiger partial charge in [-0.15, -0.1) is 0 Å². The summed E-state index contributed by atoms with van der Waals surface area (Å²) >= 11 is 0. The molecule has 1 amide bonds. The lowest BCUT2D eigenvalue weighted by Gasteiger charge is -2.21. The molecule has 0 saturated carbocycles. The molecule has 0 spiro atoms. The van der Waals surface area contributed by atoms with Crippen molar-refractivity contribution < 1.29 is 9.53 Å². The molecule has 1 aliphatic rings. The predicted molar refractivity (Wildman–Crippen MR) is 113 cm³/mol. The molecule has 0 unspecified atom stereocenters. The minimum Gasteiger partial charge on any atom is -0.497 e. The van der Waals surface area contributed by atoms with Gasteiger partial charge in [-0.25, -0.2) is 5.43 Å². The number of nitrogens with zero attached hydrogens (tertiary/aromatic N) is 1. The SMILES string of the molecule is COc1cc(C)c2c(c1)CCC/C2=N\NC(=O)Cc1cccc2ccccc12. The van der Waals surface area contributed by atoms with Crippen molar-refractivity contribution in [2.45, 2.75) is 32.6 Å². The molecule has 3 aromatic carbocycles. The Kier molecular flexibility index (Phi) is 5.11. The molecule has 4 heteroatoms. The number of methoxy groups -OCH3 is 1. The molecular weight excluding hydrogens is 348 g/mol. The van der Waals surface area contributed by atoms with Crippen molar-refractivity contribution in [3.05, 3.63) is 76.9 Å². The zero-order valence-electron chi connectivity index (χ0n) is 16.3. The molecule has 0 radical (unpaired) electrons. The van der Waals surface area contributed by atoms with Crippen molar-refractivity contribution in [3.8, 4) is 5.75 Å². The average molecular weight is 372 g/mol. The molecule has 142 valence electrons. The number of rotatable bonds is 4. The maximum atomic E-state index is 12.6. The third kappa shape index (κ3) is 3.63. The molecule has 0 saturated heterocycles. The smallest absolute Gasteiger partial charge is 0.244 e. The van der Waals surface area contributed by atoms with Crippen LogP contribution in [0.2, 0.25) is 0 Å². The number of hydrogen-bond acceptors (Lipinski definition) is 3. The van der Waals surface area contributed by atoms with E-state index in [4.69, 9.17) is 4.74 Å². The Morgan fingerprint density at radius 1 is 1.11 bits per heavy atom. The van der Waals surface area contributed by atoms with Gasteiger partial charge in [0, 0.05) is 5.56 Å². The van der Waals surface area contributed by atoms with Crippen LogP contribution in [0.25, 0.3) is 10.8 Å². The van der Waals surface area contributed by atoms with Gasteiger partial charge in [-0.3, -0.25) is 4.79 Å².